The van der Waals surface area contributed by atoms with Crippen molar-refractivity contribution in [2.75, 3.05) is 7.11 Å². The predicted octanol–water partition coefficient (Wildman–Crippen LogP) is 3.50. The normalized spacial score (nSPS) is 12.6. The minimum atomic E-state index is -3.85. The van der Waals surface area contributed by atoms with Crippen LogP contribution < -0.4 is 9.46 Å². The Bertz CT molecular complexity index is 864. The molecule has 0 unspecified atom stereocenters. The zero-order chi connectivity index (χ0) is 20.0. The summed E-state index contributed by atoms with van der Waals surface area (Å²) in [6.07, 6.45) is 0. The standard InChI is InChI=1S/C19H22BrNO5S/c1-13(2)18(21-27(23,24)17-10-6-15(20)7-11-17)19(22)26-12-14-4-8-16(25-3)9-5-14/h4-11,13,18,21H,12H2,1-3H3/t18-/m0/s1. The van der Waals surface area contributed by atoms with Crippen LogP contribution in [-0.4, -0.2) is 27.5 Å². The minimum Gasteiger partial charge on any atom is -0.497 e. The zero-order valence-corrected chi connectivity index (χ0v) is 17.7. The first-order chi connectivity index (χ1) is 12.7. The summed E-state index contributed by atoms with van der Waals surface area (Å²) in [5.74, 6) is -0.201. The summed E-state index contributed by atoms with van der Waals surface area (Å²) >= 11 is 3.26. The smallest absolute Gasteiger partial charge is 0.324 e. The van der Waals surface area contributed by atoms with Crippen molar-refractivity contribution in [1.29, 1.82) is 0 Å². The topological polar surface area (TPSA) is 81.7 Å². The van der Waals surface area contributed by atoms with Crippen molar-refractivity contribution in [3.05, 3.63) is 58.6 Å². The molecule has 8 heteroatoms. The third kappa shape index (κ3) is 6.05. The number of benzene rings is 2. The Morgan fingerprint density at radius 1 is 1.07 bits per heavy atom. The van der Waals surface area contributed by atoms with Crippen LogP contribution in [0.3, 0.4) is 0 Å². The van der Waals surface area contributed by atoms with Crippen LogP contribution in [0.5, 0.6) is 5.75 Å². The molecule has 2 aromatic rings. The van der Waals surface area contributed by atoms with Crippen molar-refractivity contribution in [2.45, 2.75) is 31.4 Å². The molecule has 0 aliphatic heterocycles. The summed E-state index contributed by atoms with van der Waals surface area (Å²) in [6.45, 7) is 3.55. The van der Waals surface area contributed by atoms with Crippen molar-refractivity contribution in [3.63, 3.8) is 0 Å². The van der Waals surface area contributed by atoms with E-state index in [-0.39, 0.29) is 17.4 Å². The fourth-order valence-corrected chi connectivity index (χ4v) is 3.87. The van der Waals surface area contributed by atoms with Gasteiger partial charge in [0.25, 0.3) is 0 Å². The lowest BCUT2D eigenvalue weighted by Crippen LogP contribution is -2.45. The summed E-state index contributed by atoms with van der Waals surface area (Å²) < 4.78 is 38.7. The lowest BCUT2D eigenvalue weighted by atomic mass is 10.1. The van der Waals surface area contributed by atoms with E-state index in [4.69, 9.17) is 9.47 Å². The van der Waals surface area contributed by atoms with E-state index in [1.807, 2.05) is 0 Å². The first-order valence-electron chi connectivity index (χ1n) is 8.30. The predicted molar refractivity (Wildman–Crippen MR) is 106 cm³/mol. The van der Waals surface area contributed by atoms with Crippen molar-refractivity contribution < 1.29 is 22.7 Å². The molecule has 1 atom stereocenters. The highest BCUT2D eigenvalue weighted by Gasteiger charge is 2.29. The first-order valence-corrected chi connectivity index (χ1v) is 10.6. The number of ether oxygens (including phenoxy) is 2. The SMILES string of the molecule is COc1ccc(COC(=O)[C@@H](NS(=O)(=O)c2ccc(Br)cc2)C(C)C)cc1. The molecule has 0 fully saturated rings. The molecule has 6 nitrogen and oxygen atoms in total. The zero-order valence-electron chi connectivity index (χ0n) is 15.3. The maximum Gasteiger partial charge on any atom is 0.324 e. The third-order valence-electron chi connectivity index (χ3n) is 3.87. The van der Waals surface area contributed by atoms with E-state index in [0.29, 0.717) is 5.75 Å². The van der Waals surface area contributed by atoms with E-state index in [1.54, 1.807) is 57.4 Å². The Labute approximate surface area is 168 Å². The van der Waals surface area contributed by atoms with Crippen LogP contribution in [0.2, 0.25) is 0 Å². The Hall–Kier alpha value is -1.90. The summed E-state index contributed by atoms with van der Waals surface area (Å²) in [5, 5.41) is 0. The fourth-order valence-electron chi connectivity index (χ4n) is 2.27. The number of halogens is 1. The first kappa shape index (κ1) is 21.4. The maximum absolute atomic E-state index is 12.6. The maximum atomic E-state index is 12.6. The molecule has 2 rings (SSSR count). The van der Waals surface area contributed by atoms with Gasteiger partial charge in [-0.25, -0.2) is 8.42 Å². The van der Waals surface area contributed by atoms with E-state index in [1.165, 1.54) is 12.1 Å². The van der Waals surface area contributed by atoms with Gasteiger partial charge in [-0.2, -0.15) is 4.72 Å². The summed E-state index contributed by atoms with van der Waals surface area (Å²) in [6, 6.07) is 12.3. The van der Waals surface area contributed by atoms with Gasteiger partial charge in [-0.05, 0) is 47.9 Å². The molecule has 2 aromatic carbocycles. The summed E-state index contributed by atoms with van der Waals surface area (Å²) in [4.78, 5) is 12.5. The van der Waals surface area contributed by atoms with Crippen LogP contribution >= 0.6 is 15.9 Å². The molecule has 0 radical (unpaired) electrons. The highest BCUT2D eigenvalue weighted by molar-refractivity contribution is 9.10. The number of carbonyl (C=O) groups excluding carboxylic acids is 1. The van der Waals surface area contributed by atoms with Crippen LogP contribution in [0.1, 0.15) is 19.4 Å². The van der Waals surface area contributed by atoms with Crippen LogP contribution in [0.4, 0.5) is 0 Å². The van der Waals surface area contributed by atoms with Crippen molar-refractivity contribution in [2.24, 2.45) is 5.92 Å². The second-order valence-corrected chi connectivity index (χ2v) is 8.88. The van der Waals surface area contributed by atoms with Gasteiger partial charge in [-0.15, -0.1) is 0 Å². The van der Waals surface area contributed by atoms with E-state index in [9.17, 15) is 13.2 Å². The Morgan fingerprint density at radius 3 is 2.19 bits per heavy atom. The van der Waals surface area contributed by atoms with Gasteiger partial charge in [0.1, 0.15) is 18.4 Å². The van der Waals surface area contributed by atoms with Crippen molar-refractivity contribution in [1.82, 2.24) is 4.72 Å². The number of methoxy groups -OCH3 is 1. The van der Waals surface area contributed by atoms with Gasteiger partial charge >= 0.3 is 5.97 Å². The van der Waals surface area contributed by atoms with E-state index < -0.39 is 22.0 Å². The molecular weight excluding hydrogens is 434 g/mol. The van der Waals surface area contributed by atoms with Gasteiger partial charge in [0.05, 0.1) is 12.0 Å². The second kappa shape index (κ2) is 9.34. The molecule has 0 spiro atoms. The second-order valence-electron chi connectivity index (χ2n) is 6.25. The van der Waals surface area contributed by atoms with Gasteiger partial charge < -0.3 is 9.47 Å². The summed E-state index contributed by atoms with van der Waals surface area (Å²) in [7, 11) is -2.28. The van der Waals surface area contributed by atoms with E-state index >= 15 is 0 Å². The van der Waals surface area contributed by atoms with Gasteiger partial charge in [0.15, 0.2) is 0 Å². The number of esters is 1. The van der Waals surface area contributed by atoms with Gasteiger partial charge in [0, 0.05) is 4.47 Å². The highest BCUT2D eigenvalue weighted by atomic mass is 79.9. The van der Waals surface area contributed by atoms with Gasteiger partial charge in [0.2, 0.25) is 10.0 Å². The van der Waals surface area contributed by atoms with Gasteiger partial charge in [-0.3, -0.25) is 4.79 Å². The molecule has 0 amide bonds. The Morgan fingerprint density at radius 2 is 1.67 bits per heavy atom. The number of nitrogens with one attached hydrogen (secondary N) is 1. The lowest BCUT2D eigenvalue weighted by Gasteiger charge is -2.21. The molecule has 0 aliphatic rings. The van der Waals surface area contributed by atoms with Gasteiger partial charge in [-0.1, -0.05) is 41.9 Å². The molecule has 0 aliphatic carbocycles. The molecule has 0 heterocycles. The monoisotopic (exact) mass is 455 g/mol. The van der Waals surface area contributed by atoms with E-state index in [2.05, 4.69) is 20.7 Å². The number of carbonyl (C=O) groups is 1. The molecule has 0 aromatic heterocycles. The third-order valence-corrected chi connectivity index (χ3v) is 5.85. The largest absolute Gasteiger partial charge is 0.497 e. The number of rotatable bonds is 8. The quantitative estimate of drug-likeness (QED) is 0.615. The van der Waals surface area contributed by atoms with Crippen molar-refractivity contribution >= 4 is 31.9 Å². The average Bonchev–Trinajstić information content (AvgIpc) is 2.64. The van der Waals surface area contributed by atoms with Crippen LogP contribution in [0.25, 0.3) is 0 Å². The van der Waals surface area contributed by atoms with Crippen LogP contribution in [-0.2, 0) is 26.2 Å². The number of sulfonamides is 1. The molecule has 0 saturated carbocycles. The van der Waals surface area contributed by atoms with Crippen LogP contribution in [0, 0.1) is 5.92 Å². The average molecular weight is 456 g/mol. The summed E-state index contributed by atoms with van der Waals surface area (Å²) in [5.41, 5.74) is 0.780. The number of hydrogen-bond donors (Lipinski definition) is 1. The van der Waals surface area contributed by atoms with Crippen molar-refractivity contribution in [3.8, 4) is 5.75 Å². The molecule has 0 bridgehead atoms. The Kier molecular flexibility index (Phi) is 7.41. The molecule has 0 saturated heterocycles. The van der Waals surface area contributed by atoms with Crippen LogP contribution in [0.15, 0.2) is 57.9 Å². The minimum absolute atomic E-state index is 0.0477. The Balaban J connectivity index is 2.06. The fraction of sp³-hybridized carbons (Fsp3) is 0.316. The molecular formula is C19H22BrNO5S. The van der Waals surface area contributed by atoms with E-state index in [0.717, 1.165) is 10.0 Å². The lowest BCUT2D eigenvalue weighted by molar-refractivity contribution is -0.148. The highest BCUT2D eigenvalue weighted by Crippen LogP contribution is 2.17. The molecule has 27 heavy (non-hydrogen) atoms. The molecule has 146 valence electrons. The number of hydrogen-bond acceptors (Lipinski definition) is 5. The molecule has 1 N–H and O–H groups in total.